The number of hydrogen-bond donors (Lipinski definition) is 0. The molecule has 0 radical (unpaired) electrons. The molecule has 17 heavy (non-hydrogen) atoms. The van der Waals surface area contributed by atoms with E-state index in [9.17, 15) is 4.39 Å². The molecule has 92 valence electrons. The number of nitrogens with zero attached hydrogens (tertiary/aromatic N) is 1. The molecule has 3 nitrogen and oxygen atoms in total. The van der Waals surface area contributed by atoms with Gasteiger partial charge in [-0.15, -0.1) is 0 Å². The SMILES string of the molecule is [2H]C([2H])([2H])c1ncc(B2OC(C)(C)C(C)(C)O2)cc1F. The molecule has 0 aliphatic carbocycles. The molecule has 1 aliphatic rings. The average Bonchev–Trinajstić information content (AvgIpc) is 2.46. The number of hydrogen-bond acceptors (Lipinski definition) is 3. The Bertz CT molecular complexity index is 518. The van der Waals surface area contributed by atoms with Gasteiger partial charge in [0.05, 0.1) is 16.9 Å². The Morgan fingerprint density at radius 2 is 1.88 bits per heavy atom. The third kappa shape index (κ3) is 2.09. The van der Waals surface area contributed by atoms with E-state index in [1.54, 1.807) is 0 Å². The van der Waals surface area contributed by atoms with Crippen LogP contribution in [0.3, 0.4) is 0 Å². The van der Waals surface area contributed by atoms with Crippen LogP contribution >= 0.6 is 0 Å². The van der Waals surface area contributed by atoms with Crippen molar-refractivity contribution in [3.05, 3.63) is 23.8 Å². The van der Waals surface area contributed by atoms with Gasteiger partial charge in [-0.3, -0.25) is 4.98 Å². The van der Waals surface area contributed by atoms with Gasteiger partial charge in [0.15, 0.2) is 0 Å². The summed E-state index contributed by atoms with van der Waals surface area (Å²) in [5.41, 5.74) is -1.26. The van der Waals surface area contributed by atoms with Crippen molar-refractivity contribution in [3.8, 4) is 0 Å². The first-order valence-electron chi connectivity index (χ1n) is 6.96. The molecule has 1 aliphatic heterocycles. The number of aryl methyl sites for hydroxylation is 1. The second-order valence-corrected chi connectivity index (χ2v) is 5.19. The quantitative estimate of drug-likeness (QED) is 0.702. The van der Waals surface area contributed by atoms with Crippen molar-refractivity contribution in [2.24, 2.45) is 0 Å². The van der Waals surface area contributed by atoms with Gasteiger partial charge in [0.1, 0.15) is 5.82 Å². The van der Waals surface area contributed by atoms with Crippen LogP contribution in [0.2, 0.25) is 0 Å². The summed E-state index contributed by atoms with van der Waals surface area (Å²) in [5.74, 6) is -0.878. The van der Waals surface area contributed by atoms with Gasteiger partial charge >= 0.3 is 7.12 Å². The predicted octanol–water partition coefficient (Wildman–Crippen LogP) is 1.83. The fourth-order valence-corrected chi connectivity index (χ4v) is 1.56. The number of aromatic nitrogens is 1. The lowest BCUT2D eigenvalue weighted by atomic mass is 9.80. The van der Waals surface area contributed by atoms with Crippen molar-refractivity contribution < 1.29 is 17.8 Å². The maximum absolute atomic E-state index is 13.9. The molecule has 0 spiro atoms. The Labute approximate surface area is 106 Å². The van der Waals surface area contributed by atoms with Crippen LogP contribution in [-0.2, 0) is 9.31 Å². The molecule has 2 rings (SSSR count). The van der Waals surface area contributed by atoms with Crippen LogP contribution < -0.4 is 5.46 Å². The molecule has 0 saturated carbocycles. The van der Waals surface area contributed by atoms with E-state index in [2.05, 4.69) is 4.98 Å². The fraction of sp³-hybridized carbons (Fsp3) is 0.583. The van der Waals surface area contributed by atoms with Crippen molar-refractivity contribution in [2.75, 3.05) is 0 Å². The highest BCUT2D eigenvalue weighted by atomic mass is 19.1. The maximum Gasteiger partial charge on any atom is 0.496 e. The van der Waals surface area contributed by atoms with Crippen LogP contribution in [0.4, 0.5) is 4.39 Å². The van der Waals surface area contributed by atoms with E-state index < -0.39 is 36.7 Å². The van der Waals surface area contributed by atoms with Gasteiger partial charge < -0.3 is 9.31 Å². The first-order chi connectivity index (χ1) is 8.94. The molecule has 0 unspecified atom stereocenters. The molecule has 0 N–H and O–H groups in total. The molecule has 0 aromatic carbocycles. The normalized spacial score (nSPS) is 25.2. The van der Waals surface area contributed by atoms with Crippen LogP contribution in [0, 0.1) is 12.7 Å². The largest absolute Gasteiger partial charge is 0.496 e. The summed E-state index contributed by atoms with van der Waals surface area (Å²) in [7, 11) is -0.757. The number of halogens is 1. The van der Waals surface area contributed by atoms with Crippen LogP contribution in [0.1, 0.15) is 37.5 Å². The summed E-state index contributed by atoms with van der Waals surface area (Å²) < 4.78 is 46.9. The zero-order chi connectivity index (χ0) is 15.3. The minimum atomic E-state index is -2.57. The van der Waals surface area contributed by atoms with Gasteiger partial charge in [-0.05, 0) is 40.6 Å². The molecule has 0 amide bonds. The molecule has 5 heteroatoms. The lowest BCUT2D eigenvalue weighted by Gasteiger charge is -2.32. The summed E-state index contributed by atoms with van der Waals surface area (Å²) >= 11 is 0. The number of pyridine rings is 1. The van der Waals surface area contributed by atoms with E-state index in [0.717, 1.165) is 6.07 Å². The van der Waals surface area contributed by atoms with Crippen molar-refractivity contribution in [1.29, 1.82) is 0 Å². The minimum absolute atomic E-state index is 0.370. The lowest BCUT2D eigenvalue weighted by Crippen LogP contribution is -2.41. The van der Waals surface area contributed by atoms with Gasteiger partial charge in [-0.1, -0.05) is 0 Å². The number of rotatable bonds is 1. The Morgan fingerprint density at radius 3 is 2.35 bits per heavy atom. The Balaban J connectivity index is 2.31. The summed E-state index contributed by atoms with van der Waals surface area (Å²) in [5, 5.41) is 0. The maximum atomic E-state index is 13.9. The highest BCUT2D eigenvalue weighted by Crippen LogP contribution is 2.36. The van der Waals surface area contributed by atoms with Crippen molar-refractivity contribution in [1.82, 2.24) is 4.98 Å². The smallest absolute Gasteiger partial charge is 0.399 e. The summed E-state index contributed by atoms with van der Waals surface area (Å²) in [6.45, 7) is 4.96. The van der Waals surface area contributed by atoms with Crippen LogP contribution in [0.5, 0.6) is 0 Å². The van der Waals surface area contributed by atoms with Gasteiger partial charge in [0.25, 0.3) is 0 Å². The van der Waals surface area contributed by atoms with Gasteiger partial charge in [0.2, 0.25) is 0 Å². The highest BCUT2D eigenvalue weighted by molar-refractivity contribution is 6.62. The van der Waals surface area contributed by atoms with E-state index in [0.29, 0.717) is 5.46 Å². The van der Waals surface area contributed by atoms with Crippen molar-refractivity contribution in [3.63, 3.8) is 0 Å². The molecular formula is C12H17BFNO2. The third-order valence-corrected chi connectivity index (χ3v) is 3.39. The second kappa shape index (κ2) is 3.78. The monoisotopic (exact) mass is 240 g/mol. The predicted molar refractivity (Wildman–Crippen MR) is 64.6 cm³/mol. The molecule has 2 heterocycles. The van der Waals surface area contributed by atoms with Gasteiger partial charge in [-0.2, -0.15) is 0 Å². The summed E-state index contributed by atoms with van der Waals surface area (Å²) in [4.78, 5) is 3.69. The molecule has 1 aromatic rings. The standard InChI is InChI=1S/C12H17BFNO2/c1-8-10(14)6-9(7-15-8)13-16-11(2,3)12(4,5)17-13/h6-7H,1-5H3/i1D3. The molecular weight excluding hydrogens is 220 g/mol. The fourth-order valence-electron chi connectivity index (χ4n) is 1.56. The minimum Gasteiger partial charge on any atom is -0.399 e. The van der Waals surface area contributed by atoms with Crippen LogP contribution in [-0.4, -0.2) is 23.3 Å². The second-order valence-electron chi connectivity index (χ2n) is 5.19. The van der Waals surface area contributed by atoms with Gasteiger partial charge in [-0.25, -0.2) is 4.39 Å². The Hall–Kier alpha value is -0.935. The van der Waals surface area contributed by atoms with E-state index in [-0.39, 0.29) is 0 Å². The molecule has 0 bridgehead atoms. The summed E-state index contributed by atoms with van der Waals surface area (Å²) in [6.07, 6.45) is 1.28. The van der Waals surface area contributed by atoms with E-state index in [1.807, 2.05) is 27.7 Å². The first kappa shape index (κ1) is 9.06. The van der Waals surface area contributed by atoms with Crippen molar-refractivity contribution >= 4 is 12.6 Å². The zero-order valence-corrected chi connectivity index (χ0v) is 10.4. The van der Waals surface area contributed by atoms with Crippen molar-refractivity contribution in [2.45, 2.75) is 45.7 Å². The van der Waals surface area contributed by atoms with E-state index in [1.165, 1.54) is 6.20 Å². The first-order valence-corrected chi connectivity index (χ1v) is 5.46. The molecule has 1 saturated heterocycles. The zero-order valence-electron chi connectivity index (χ0n) is 13.4. The van der Waals surface area contributed by atoms with Gasteiger partial charge in [0, 0.05) is 15.8 Å². The molecule has 0 atom stereocenters. The average molecular weight is 240 g/mol. The Kier molecular flexibility index (Phi) is 2.02. The Morgan fingerprint density at radius 1 is 1.29 bits per heavy atom. The summed E-state index contributed by atoms with van der Waals surface area (Å²) in [6, 6.07) is 1.11. The van der Waals surface area contributed by atoms with Crippen LogP contribution in [0.15, 0.2) is 12.3 Å². The highest BCUT2D eigenvalue weighted by Gasteiger charge is 2.51. The van der Waals surface area contributed by atoms with E-state index >= 15 is 0 Å². The lowest BCUT2D eigenvalue weighted by molar-refractivity contribution is 0.00578. The third-order valence-electron chi connectivity index (χ3n) is 3.39. The molecule has 1 fully saturated rings. The topological polar surface area (TPSA) is 31.4 Å². The van der Waals surface area contributed by atoms with E-state index in [4.69, 9.17) is 13.4 Å². The molecule has 1 aromatic heterocycles. The van der Waals surface area contributed by atoms with Crippen LogP contribution in [0.25, 0.3) is 0 Å².